The Hall–Kier alpha value is -2.40. The maximum absolute atomic E-state index is 13.2. The van der Waals surface area contributed by atoms with Crippen molar-refractivity contribution in [2.75, 3.05) is 13.1 Å². The summed E-state index contributed by atoms with van der Waals surface area (Å²) in [7, 11) is 0. The van der Waals surface area contributed by atoms with Gasteiger partial charge in [-0.15, -0.1) is 0 Å². The Labute approximate surface area is 149 Å². The minimum absolute atomic E-state index is 0.0773. The molecule has 1 spiro atoms. The van der Waals surface area contributed by atoms with Crippen LogP contribution in [0.4, 0.5) is 4.39 Å². The highest BCUT2D eigenvalue weighted by Gasteiger charge is 2.48. The summed E-state index contributed by atoms with van der Waals surface area (Å²) in [6.45, 7) is 0.802. The fourth-order valence-electron chi connectivity index (χ4n) is 3.68. The molecule has 0 N–H and O–H groups in total. The van der Waals surface area contributed by atoms with E-state index in [0.29, 0.717) is 24.9 Å². The van der Waals surface area contributed by atoms with Crippen LogP contribution in [0.5, 0.6) is 0 Å². The third kappa shape index (κ3) is 2.59. The van der Waals surface area contributed by atoms with Crippen molar-refractivity contribution in [3.63, 3.8) is 0 Å². The standard InChI is InChI=1S/C19H15ClFNO3/c20-16-10-12(21)6-7-14(16)17(23)22-9-3-8-19(11-22)15-5-2-1-4-13(15)18(24)25-19/h1-2,4-7,10H,3,8-9,11H2. The number of fused-ring (bicyclic) bond motifs is 2. The predicted molar refractivity (Wildman–Crippen MR) is 90.1 cm³/mol. The Morgan fingerprint density at radius 2 is 2.04 bits per heavy atom. The number of amides is 1. The average molecular weight is 360 g/mol. The van der Waals surface area contributed by atoms with Crippen LogP contribution in [0.3, 0.4) is 0 Å². The molecular formula is C19H15ClFNO3. The predicted octanol–water partition coefficient (Wildman–Crippen LogP) is 3.78. The summed E-state index contributed by atoms with van der Waals surface area (Å²) < 4.78 is 18.9. The number of likely N-dealkylation sites (tertiary alicyclic amines) is 1. The smallest absolute Gasteiger partial charge is 0.339 e. The van der Waals surface area contributed by atoms with Crippen molar-refractivity contribution >= 4 is 23.5 Å². The second-order valence-corrected chi connectivity index (χ2v) is 6.79. The van der Waals surface area contributed by atoms with E-state index in [-0.39, 0.29) is 29.0 Å². The minimum atomic E-state index is -0.811. The molecule has 0 radical (unpaired) electrons. The quantitative estimate of drug-likeness (QED) is 0.728. The fraction of sp³-hybridized carbons (Fsp3) is 0.263. The van der Waals surface area contributed by atoms with E-state index in [4.69, 9.17) is 16.3 Å². The molecule has 128 valence electrons. The van der Waals surface area contributed by atoms with Crippen LogP contribution in [-0.2, 0) is 10.3 Å². The molecule has 1 amide bonds. The molecule has 4 nitrogen and oxygen atoms in total. The van der Waals surface area contributed by atoms with Gasteiger partial charge < -0.3 is 9.64 Å². The summed E-state index contributed by atoms with van der Waals surface area (Å²) in [4.78, 5) is 26.7. The zero-order valence-electron chi connectivity index (χ0n) is 13.3. The fourth-order valence-corrected chi connectivity index (χ4v) is 3.93. The number of piperidine rings is 1. The van der Waals surface area contributed by atoms with Gasteiger partial charge in [-0.2, -0.15) is 0 Å². The van der Waals surface area contributed by atoms with Crippen molar-refractivity contribution in [2.24, 2.45) is 0 Å². The third-order valence-corrected chi connectivity index (χ3v) is 5.14. The number of nitrogens with zero attached hydrogens (tertiary/aromatic N) is 1. The molecule has 2 aliphatic rings. The number of hydrogen-bond donors (Lipinski definition) is 0. The second kappa shape index (κ2) is 5.85. The summed E-state index contributed by atoms with van der Waals surface area (Å²) in [6, 6.07) is 11.0. The molecule has 1 saturated heterocycles. The molecule has 4 rings (SSSR count). The van der Waals surface area contributed by atoms with Crippen LogP contribution in [0.2, 0.25) is 5.02 Å². The van der Waals surface area contributed by atoms with Gasteiger partial charge in [-0.25, -0.2) is 9.18 Å². The Morgan fingerprint density at radius 3 is 2.84 bits per heavy atom. The van der Waals surface area contributed by atoms with Crippen LogP contribution in [0.25, 0.3) is 0 Å². The summed E-state index contributed by atoms with van der Waals surface area (Å²) in [6.07, 6.45) is 1.36. The number of ether oxygens (including phenoxy) is 1. The summed E-state index contributed by atoms with van der Waals surface area (Å²) >= 11 is 6.03. The number of carbonyl (C=O) groups excluding carboxylic acids is 2. The van der Waals surface area contributed by atoms with Gasteiger partial charge >= 0.3 is 5.97 Å². The van der Waals surface area contributed by atoms with Gasteiger partial charge in [-0.05, 0) is 37.1 Å². The van der Waals surface area contributed by atoms with Gasteiger partial charge in [0.1, 0.15) is 5.82 Å². The first-order valence-corrected chi connectivity index (χ1v) is 8.45. The molecule has 1 atom stereocenters. The Bertz CT molecular complexity index is 885. The highest BCUT2D eigenvalue weighted by molar-refractivity contribution is 6.33. The largest absolute Gasteiger partial charge is 0.449 e. The van der Waals surface area contributed by atoms with E-state index in [2.05, 4.69) is 0 Å². The van der Waals surface area contributed by atoms with Gasteiger partial charge in [0.2, 0.25) is 0 Å². The zero-order valence-corrected chi connectivity index (χ0v) is 14.1. The summed E-state index contributed by atoms with van der Waals surface area (Å²) in [5.74, 6) is -1.13. The normalized spacial score (nSPS) is 22.0. The molecule has 1 fully saturated rings. The van der Waals surface area contributed by atoms with E-state index in [9.17, 15) is 14.0 Å². The number of carbonyl (C=O) groups is 2. The first-order chi connectivity index (χ1) is 12.0. The van der Waals surface area contributed by atoms with Crippen LogP contribution < -0.4 is 0 Å². The Morgan fingerprint density at radius 1 is 1.24 bits per heavy atom. The maximum Gasteiger partial charge on any atom is 0.339 e. The molecule has 2 heterocycles. The minimum Gasteiger partial charge on any atom is -0.449 e. The average Bonchev–Trinajstić information content (AvgIpc) is 2.87. The van der Waals surface area contributed by atoms with E-state index in [1.807, 2.05) is 12.1 Å². The lowest BCUT2D eigenvalue weighted by Crippen LogP contribution is -2.48. The number of benzene rings is 2. The van der Waals surface area contributed by atoms with Crippen molar-refractivity contribution < 1.29 is 18.7 Å². The van der Waals surface area contributed by atoms with Crippen molar-refractivity contribution in [2.45, 2.75) is 18.4 Å². The van der Waals surface area contributed by atoms with E-state index >= 15 is 0 Å². The van der Waals surface area contributed by atoms with Gasteiger partial charge in [0.05, 0.1) is 22.7 Å². The van der Waals surface area contributed by atoms with Crippen LogP contribution in [0.15, 0.2) is 42.5 Å². The van der Waals surface area contributed by atoms with E-state index in [0.717, 1.165) is 11.6 Å². The van der Waals surface area contributed by atoms with Gasteiger partial charge in [-0.1, -0.05) is 29.8 Å². The third-order valence-electron chi connectivity index (χ3n) is 4.83. The highest BCUT2D eigenvalue weighted by atomic mass is 35.5. The van der Waals surface area contributed by atoms with Crippen LogP contribution in [0, 0.1) is 5.82 Å². The highest BCUT2D eigenvalue weighted by Crippen LogP contribution is 2.43. The van der Waals surface area contributed by atoms with Crippen LogP contribution >= 0.6 is 11.6 Å². The SMILES string of the molecule is O=C1OC2(CCCN(C(=O)c3ccc(F)cc3Cl)C2)c2ccccc21. The van der Waals surface area contributed by atoms with E-state index in [1.165, 1.54) is 12.1 Å². The van der Waals surface area contributed by atoms with Crippen molar-refractivity contribution in [1.82, 2.24) is 4.90 Å². The van der Waals surface area contributed by atoms with E-state index < -0.39 is 11.4 Å². The first-order valence-electron chi connectivity index (χ1n) is 8.07. The van der Waals surface area contributed by atoms with Gasteiger partial charge in [0.25, 0.3) is 5.91 Å². The van der Waals surface area contributed by atoms with E-state index in [1.54, 1.807) is 17.0 Å². The molecule has 2 aromatic rings. The number of rotatable bonds is 1. The summed E-state index contributed by atoms with van der Waals surface area (Å²) in [5.41, 5.74) is 0.811. The second-order valence-electron chi connectivity index (χ2n) is 6.38. The van der Waals surface area contributed by atoms with Crippen LogP contribution in [-0.4, -0.2) is 29.9 Å². The lowest BCUT2D eigenvalue weighted by Gasteiger charge is -2.39. The Kier molecular flexibility index (Phi) is 3.76. The first kappa shape index (κ1) is 16.1. The zero-order chi connectivity index (χ0) is 17.6. The molecular weight excluding hydrogens is 345 g/mol. The van der Waals surface area contributed by atoms with Crippen molar-refractivity contribution in [3.8, 4) is 0 Å². The topological polar surface area (TPSA) is 46.6 Å². The number of halogens is 2. The summed E-state index contributed by atoms with van der Waals surface area (Å²) in [5, 5.41) is 0.0773. The number of hydrogen-bond acceptors (Lipinski definition) is 3. The molecule has 25 heavy (non-hydrogen) atoms. The van der Waals surface area contributed by atoms with Crippen molar-refractivity contribution in [3.05, 3.63) is 70.0 Å². The molecule has 0 bridgehead atoms. The lowest BCUT2D eigenvalue weighted by molar-refractivity contribution is -0.0442. The van der Waals surface area contributed by atoms with Gasteiger partial charge in [0, 0.05) is 12.1 Å². The molecule has 2 aromatic carbocycles. The molecule has 6 heteroatoms. The monoisotopic (exact) mass is 359 g/mol. The van der Waals surface area contributed by atoms with Gasteiger partial charge in [0.15, 0.2) is 5.60 Å². The van der Waals surface area contributed by atoms with Gasteiger partial charge in [-0.3, -0.25) is 4.79 Å². The molecule has 0 aromatic heterocycles. The van der Waals surface area contributed by atoms with Crippen molar-refractivity contribution in [1.29, 1.82) is 0 Å². The van der Waals surface area contributed by atoms with Crippen LogP contribution in [0.1, 0.15) is 39.1 Å². The molecule has 0 aliphatic carbocycles. The number of esters is 1. The maximum atomic E-state index is 13.2. The molecule has 2 aliphatic heterocycles. The Balaban J connectivity index is 1.66. The molecule has 0 saturated carbocycles. The molecule has 1 unspecified atom stereocenters. The lowest BCUT2D eigenvalue weighted by atomic mass is 9.85.